The SMILES string of the molecule is O=[SH2]=NC(=O)C(F)(F)F. The Morgan fingerprint density at radius 2 is 1.89 bits per heavy atom. The summed E-state index contributed by atoms with van der Waals surface area (Å²) in [4.78, 5) is 9.58. The van der Waals surface area contributed by atoms with Crippen LogP contribution in [-0.4, -0.2) is 16.3 Å². The van der Waals surface area contributed by atoms with E-state index >= 15 is 0 Å². The lowest BCUT2D eigenvalue weighted by molar-refractivity contribution is -0.169. The maximum absolute atomic E-state index is 11.1. The number of hydrogen-bond donors (Lipinski definition) is 0. The molecular weight excluding hydrogens is 159 g/mol. The molecule has 54 valence electrons. The number of amides is 1. The normalized spacial score (nSPS) is 12.3. The first-order chi connectivity index (χ1) is 3.98. The molecule has 0 unspecified atom stereocenters. The monoisotopic (exact) mass is 161 g/mol. The van der Waals surface area contributed by atoms with E-state index in [1.165, 1.54) is 0 Å². The topological polar surface area (TPSA) is 46.5 Å². The lowest BCUT2D eigenvalue weighted by Crippen LogP contribution is -2.19. The van der Waals surface area contributed by atoms with Crippen LogP contribution in [-0.2, 0) is 16.3 Å². The van der Waals surface area contributed by atoms with Gasteiger partial charge in [-0.1, -0.05) is 0 Å². The zero-order valence-corrected chi connectivity index (χ0v) is 4.90. The standard InChI is InChI=1S/C2H2F3NO2S/c3-2(4,5)1(7)6-9-8/h9H2. The molecule has 0 saturated heterocycles. The Morgan fingerprint density at radius 1 is 1.44 bits per heavy atom. The van der Waals surface area contributed by atoms with Crippen LogP contribution >= 0.6 is 0 Å². The molecule has 0 fully saturated rings. The van der Waals surface area contributed by atoms with Gasteiger partial charge in [0.25, 0.3) is 0 Å². The summed E-state index contributed by atoms with van der Waals surface area (Å²) in [6.07, 6.45) is -4.99. The van der Waals surface area contributed by atoms with Crippen molar-refractivity contribution in [1.29, 1.82) is 0 Å². The van der Waals surface area contributed by atoms with E-state index in [4.69, 9.17) is 0 Å². The number of hydrogen-bond acceptors (Lipinski definition) is 2. The first-order valence-corrected chi connectivity index (χ1v) is 2.53. The van der Waals surface area contributed by atoms with E-state index in [1.807, 2.05) is 0 Å². The second-order valence-electron chi connectivity index (χ2n) is 1.01. The van der Waals surface area contributed by atoms with Gasteiger partial charge in [0.2, 0.25) is 0 Å². The maximum atomic E-state index is 11.1. The van der Waals surface area contributed by atoms with E-state index in [9.17, 15) is 22.2 Å². The van der Waals surface area contributed by atoms with Crippen LogP contribution in [0.2, 0.25) is 0 Å². The van der Waals surface area contributed by atoms with Crippen LogP contribution in [0.1, 0.15) is 0 Å². The lowest BCUT2D eigenvalue weighted by atomic mass is 10.6. The maximum Gasteiger partial charge on any atom is 0.474 e. The molecule has 1 amide bonds. The molecule has 0 aliphatic carbocycles. The fraction of sp³-hybridized carbons (Fsp3) is 0.500. The summed E-state index contributed by atoms with van der Waals surface area (Å²) in [6, 6.07) is 0. The van der Waals surface area contributed by atoms with E-state index in [1.54, 1.807) is 0 Å². The zero-order valence-electron chi connectivity index (χ0n) is 3.90. The number of halogens is 3. The number of rotatable bonds is 0. The van der Waals surface area contributed by atoms with Gasteiger partial charge in [-0.05, 0) is 0 Å². The quantitative estimate of drug-likeness (QED) is 0.499. The van der Waals surface area contributed by atoms with Gasteiger partial charge in [0.15, 0.2) is 0 Å². The Kier molecular flexibility index (Phi) is 2.63. The Morgan fingerprint density at radius 3 is 2.00 bits per heavy atom. The first-order valence-electron chi connectivity index (χ1n) is 1.67. The third-order valence-electron chi connectivity index (χ3n) is 0.390. The molecule has 0 spiro atoms. The first kappa shape index (κ1) is 8.41. The molecule has 0 aromatic rings. The summed E-state index contributed by atoms with van der Waals surface area (Å²) in [5.74, 6) is -2.31. The van der Waals surface area contributed by atoms with Crippen LogP contribution in [0.5, 0.6) is 0 Å². The molecule has 0 aliphatic rings. The van der Waals surface area contributed by atoms with Crippen molar-refractivity contribution in [3.63, 3.8) is 0 Å². The number of nitrogens with zero attached hydrogens (tertiary/aromatic N) is 1. The second-order valence-corrected chi connectivity index (χ2v) is 1.41. The summed E-state index contributed by atoms with van der Waals surface area (Å²) in [5, 5.41) is 0. The largest absolute Gasteiger partial charge is 0.474 e. The van der Waals surface area contributed by atoms with Crippen molar-refractivity contribution in [2.45, 2.75) is 6.18 Å². The van der Waals surface area contributed by atoms with E-state index < -0.39 is 23.5 Å². The minimum Gasteiger partial charge on any atom is -0.261 e. The van der Waals surface area contributed by atoms with Gasteiger partial charge in [-0.3, -0.25) is 9.00 Å². The van der Waals surface area contributed by atoms with Crippen LogP contribution in [0.25, 0.3) is 0 Å². The van der Waals surface area contributed by atoms with Gasteiger partial charge >= 0.3 is 12.1 Å². The molecule has 0 saturated carbocycles. The zero-order chi connectivity index (χ0) is 7.49. The van der Waals surface area contributed by atoms with Crippen molar-refractivity contribution in [1.82, 2.24) is 0 Å². The van der Waals surface area contributed by atoms with Crippen molar-refractivity contribution in [2.75, 3.05) is 0 Å². The molecule has 9 heavy (non-hydrogen) atoms. The molecule has 0 radical (unpaired) electrons. The van der Waals surface area contributed by atoms with Crippen LogP contribution in [0, 0.1) is 0 Å². The molecule has 7 heteroatoms. The predicted octanol–water partition coefficient (Wildman–Crippen LogP) is -0.0635. The molecule has 3 nitrogen and oxygen atoms in total. The fourth-order valence-electron chi connectivity index (χ4n) is 0.105. The lowest BCUT2D eigenvalue weighted by Gasteiger charge is -1.95. The van der Waals surface area contributed by atoms with E-state index in [0.717, 1.165) is 0 Å². The highest BCUT2D eigenvalue weighted by Crippen LogP contribution is 2.15. The van der Waals surface area contributed by atoms with Crippen LogP contribution in [0.3, 0.4) is 0 Å². The second kappa shape index (κ2) is 2.81. The van der Waals surface area contributed by atoms with Gasteiger partial charge in [-0.25, -0.2) is 0 Å². The van der Waals surface area contributed by atoms with Crippen LogP contribution in [0.15, 0.2) is 4.36 Å². The van der Waals surface area contributed by atoms with E-state index in [2.05, 4.69) is 4.36 Å². The van der Waals surface area contributed by atoms with Crippen molar-refractivity contribution in [3.8, 4) is 0 Å². The summed E-state index contributed by atoms with van der Waals surface area (Å²) >= 11 is -1.58. The van der Waals surface area contributed by atoms with E-state index in [0.29, 0.717) is 0 Å². The van der Waals surface area contributed by atoms with Crippen molar-refractivity contribution in [2.24, 2.45) is 4.36 Å². The number of carbonyl (C=O) groups is 1. The number of carbonyl (C=O) groups excluding carboxylic acids is 1. The van der Waals surface area contributed by atoms with Gasteiger partial charge in [0.05, 0.1) is 0 Å². The van der Waals surface area contributed by atoms with Crippen molar-refractivity contribution < 1.29 is 22.2 Å². The molecule has 0 heterocycles. The number of alkyl halides is 3. The minimum absolute atomic E-state index is 1.58. The van der Waals surface area contributed by atoms with E-state index in [-0.39, 0.29) is 0 Å². The third kappa shape index (κ3) is 3.07. The fourth-order valence-corrected chi connectivity index (χ4v) is 0.315. The van der Waals surface area contributed by atoms with Gasteiger partial charge < -0.3 is 0 Å². The Hall–Kier alpha value is -0.590. The molecule has 0 aromatic carbocycles. The molecule has 0 bridgehead atoms. The predicted molar refractivity (Wildman–Crippen MR) is 24.4 cm³/mol. The Labute approximate surface area is 51.1 Å². The van der Waals surface area contributed by atoms with Crippen LogP contribution in [0.4, 0.5) is 13.2 Å². The molecule has 0 N–H and O–H groups in total. The molecular formula is C2H2F3NO2S. The van der Waals surface area contributed by atoms with Gasteiger partial charge in [0.1, 0.15) is 0 Å². The highest BCUT2D eigenvalue weighted by molar-refractivity contribution is 7.55. The molecule has 0 rings (SSSR count). The smallest absolute Gasteiger partial charge is 0.261 e. The van der Waals surface area contributed by atoms with Gasteiger partial charge in [0, 0.05) is 11.5 Å². The van der Waals surface area contributed by atoms with Crippen molar-refractivity contribution in [3.05, 3.63) is 0 Å². The highest BCUT2D eigenvalue weighted by atomic mass is 32.1. The molecule has 0 aliphatic heterocycles. The van der Waals surface area contributed by atoms with Crippen molar-refractivity contribution >= 4 is 17.4 Å². The van der Waals surface area contributed by atoms with Gasteiger partial charge in [-0.15, -0.1) is 0 Å². The van der Waals surface area contributed by atoms with Crippen LogP contribution < -0.4 is 0 Å². The molecule has 0 aromatic heterocycles. The Bertz CT molecular complexity index is 169. The molecule has 0 atom stereocenters. The highest BCUT2D eigenvalue weighted by Gasteiger charge is 2.38. The summed E-state index contributed by atoms with van der Waals surface area (Å²) < 4.78 is 44.6. The average molecular weight is 161 g/mol. The Balaban J connectivity index is 4.22. The summed E-state index contributed by atoms with van der Waals surface area (Å²) in [6.45, 7) is 0. The van der Waals surface area contributed by atoms with Gasteiger partial charge in [-0.2, -0.15) is 17.5 Å². The summed E-state index contributed by atoms with van der Waals surface area (Å²) in [5.41, 5.74) is 0. The third-order valence-corrected chi connectivity index (χ3v) is 0.684. The summed E-state index contributed by atoms with van der Waals surface area (Å²) in [7, 11) is 0. The average Bonchev–Trinajstić information content (AvgIpc) is 1.64. The minimum atomic E-state index is -4.99.